The van der Waals surface area contributed by atoms with E-state index >= 15 is 0 Å². The number of hydrogen-bond donors (Lipinski definition) is 1. The Morgan fingerprint density at radius 2 is 0.688 bits per heavy atom. The maximum Gasteiger partial charge on any atom is 0.362 e. The van der Waals surface area contributed by atoms with E-state index in [-0.39, 0.29) is 36.2 Å². The van der Waals surface area contributed by atoms with Crippen molar-refractivity contribution in [1.29, 1.82) is 0 Å². The van der Waals surface area contributed by atoms with Crippen LogP contribution in [0.4, 0.5) is 0 Å². The molecule has 0 fully saturated rings. The molecule has 0 saturated heterocycles. The van der Waals surface area contributed by atoms with Gasteiger partial charge < -0.3 is 23.8 Å². The van der Waals surface area contributed by atoms with E-state index in [2.05, 4.69) is 13.8 Å². The molecule has 64 heavy (non-hydrogen) atoms. The average Bonchev–Trinajstić information content (AvgIpc) is 3.26. The van der Waals surface area contributed by atoms with Gasteiger partial charge in [0.25, 0.3) is 0 Å². The summed E-state index contributed by atoms with van der Waals surface area (Å²) in [5.74, 6) is -1.43. The van der Waals surface area contributed by atoms with E-state index in [0.717, 1.165) is 38.5 Å². The monoisotopic (exact) mass is 909 g/mol. The second-order valence-corrected chi connectivity index (χ2v) is 20.6. The van der Waals surface area contributed by atoms with Gasteiger partial charge >= 0.3 is 17.9 Å². The van der Waals surface area contributed by atoms with Crippen molar-refractivity contribution in [2.24, 2.45) is 0 Å². The molecule has 0 aromatic rings. The van der Waals surface area contributed by atoms with Crippen molar-refractivity contribution in [3.05, 3.63) is 0 Å². The van der Waals surface area contributed by atoms with Crippen molar-refractivity contribution < 1.29 is 38.2 Å². The fourth-order valence-electron chi connectivity index (χ4n) is 8.92. The highest BCUT2D eigenvalue weighted by Gasteiger charge is 2.31. The first-order valence-corrected chi connectivity index (χ1v) is 28.1. The third kappa shape index (κ3) is 45.5. The smallest absolute Gasteiger partial charge is 0.362 e. The molecule has 2 atom stereocenters. The summed E-state index contributed by atoms with van der Waals surface area (Å²) in [6, 6.07) is -0.609. The van der Waals surface area contributed by atoms with E-state index in [1.54, 1.807) is 0 Å². The van der Waals surface area contributed by atoms with E-state index in [1.165, 1.54) is 218 Å². The molecule has 0 heterocycles. The Hall–Kier alpha value is -1.67. The van der Waals surface area contributed by atoms with Crippen LogP contribution < -0.4 is 0 Å². The normalized spacial score (nSPS) is 12.7. The zero-order chi connectivity index (χ0) is 47.0. The fourth-order valence-corrected chi connectivity index (χ4v) is 8.92. The molecule has 0 saturated carbocycles. The number of carbonyl (C=O) groups is 3. The zero-order valence-corrected chi connectivity index (χ0v) is 43.5. The quantitative estimate of drug-likeness (QED) is 0.0369. The summed E-state index contributed by atoms with van der Waals surface area (Å²) in [4.78, 5) is 37.2. The minimum absolute atomic E-state index is 0.0410. The fraction of sp³-hybridized carbons (Fsp3) is 0.946. The summed E-state index contributed by atoms with van der Waals surface area (Å²) in [5, 5.41) is 9.67. The highest BCUT2D eigenvalue weighted by atomic mass is 16.6. The molecule has 8 heteroatoms. The molecule has 0 radical (unpaired) electrons. The summed E-state index contributed by atoms with van der Waals surface area (Å²) in [7, 11) is 5.56. The first kappa shape index (κ1) is 62.3. The zero-order valence-electron chi connectivity index (χ0n) is 43.5. The second-order valence-electron chi connectivity index (χ2n) is 20.6. The first-order chi connectivity index (χ1) is 31.1. The molecule has 0 aromatic carbocycles. The van der Waals surface area contributed by atoms with Crippen molar-refractivity contribution in [2.45, 2.75) is 302 Å². The predicted octanol–water partition coefficient (Wildman–Crippen LogP) is 16.4. The molecular weight excluding hydrogens is 799 g/mol. The van der Waals surface area contributed by atoms with Crippen molar-refractivity contribution in [2.75, 3.05) is 41.0 Å². The molecule has 0 amide bonds. The van der Waals surface area contributed by atoms with E-state index in [0.29, 0.717) is 19.3 Å². The van der Waals surface area contributed by atoms with E-state index in [4.69, 9.17) is 14.2 Å². The Morgan fingerprint density at radius 3 is 0.969 bits per heavy atom. The highest BCUT2D eigenvalue weighted by molar-refractivity contribution is 5.72. The Bertz CT molecular complexity index is 1010. The lowest BCUT2D eigenvalue weighted by molar-refractivity contribution is -0.887. The molecule has 0 aliphatic heterocycles. The molecule has 2 unspecified atom stereocenters. The lowest BCUT2D eigenvalue weighted by Gasteiger charge is -2.31. The highest BCUT2D eigenvalue weighted by Crippen LogP contribution is 2.18. The predicted molar refractivity (Wildman–Crippen MR) is 271 cm³/mol. The maximum absolute atomic E-state index is 12.8. The third-order valence-electron chi connectivity index (χ3n) is 13.3. The maximum atomic E-state index is 12.8. The van der Waals surface area contributed by atoms with Crippen molar-refractivity contribution in [3.63, 3.8) is 0 Å². The van der Waals surface area contributed by atoms with Crippen LogP contribution in [0.25, 0.3) is 0 Å². The van der Waals surface area contributed by atoms with Gasteiger partial charge in [-0.25, -0.2) is 4.79 Å². The van der Waals surface area contributed by atoms with E-state index in [1.807, 2.05) is 21.1 Å². The lowest BCUT2D eigenvalue weighted by Crippen LogP contribution is -2.50. The lowest BCUT2D eigenvalue weighted by atomic mass is 10.0. The minimum atomic E-state index is -0.868. The van der Waals surface area contributed by atoms with Gasteiger partial charge in [0.15, 0.2) is 12.1 Å². The van der Waals surface area contributed by atoms with Gasteiger partial charge in [-0.1, -0.05) is 258 Å². The molecule has 0 rings (SSSR count). The number of carboxylic acid groups (broad SMARTS) is 1. The van der Waals surface area contributed by atoms with Gasteiger partial charge in [-0.3, -0.25) is 9.59 Å². The summed E-state index contributed by atoms with van der Waals surface area (Å²) < 4.78 is 17.4. The molecule has 0 aliphatic carbocycles. The average molecular weight is 909 g/mol. The molecule has 8 nitrogen and oxygen atoms in total. The van der Waals surface area contributed by atoms with Gasteiger partial charge in [-0.2, -0.15) is 0 Å². The Kier molecular flexibility index (Phi) is 46.6. The van der Waals surface area contributed by atoms with Crippen LogP contribution >= 0.6 is 0 Å². The van der Waals surface area contributed by atoms with Crippen LogP contribution in [0.1, 0.15) is 290 Å². The number of ether oxygens (including phenoxy) is 3. The number of rotatable bonds is 52. The largest absolute Gasteiger partial charge is 0.477 e. The number of hydrogen-bond acceptors (Lipinski definition) is 6. The molecule has 0 bridgehead atoms. The molecule has 1 N–H and O–H groups in total. The number of nitrogens with zero attached hydrogens (tertiary/aromatic N) is 1. The number of quaternary nitrogens is 1. The Balaban J connectivity index is 4.12. The van der Waals surface area contributed by atoms with Crippen LogP contribution in [-0.2, 0) is 28.6 Å². The second kappa shape index (κ2) is 47.8. The van der Waals surface area contributed by atoms with Crippen molar-refractivity contribution in [1.82, 2.24) is 0 Å². The van der Waals surface area contributed by atoms with Crippen LogP contribution in [0.5, 0.6) is 0 Å². The molecule has 0 aromatic heterocycles. The topological polar surface area (TPSA) is 99.1 Å². The van der Waals surface area contributed by atoms with Gasteiger partial charge in [-0.05, 0) is 12.8 Å². The SMILES string of the molecule is CCCCCCCCCCCCCCCCCCCCCCCC(=O)OCC(COCCC(C(=O)O)[N+](C)(C)C)OC(=O)CCCCCCCCCCCCCCCCCCCCC. The van der Waals surface area contributed by atoms with Crippen LogP contribution in [-0.4, -0.2) is 80.6 Å². The third-order valence-corrected chi connectivity index (χ3v) is 13.3. The number of aliphatic carboxylic acids is 1. The summed E-state index contributed by atoms with van der Waals surface area (Å²) in [6.07, 6.45) is 53.0. The van der Waals surface area contributed by atoms with Gasteiger partial charge in [-0.15, -0.1) is 0 Å². The number of carboxylic acids is 1. The molecule has 0 aliphatic rings. The van der Waals surface area contributed by atoms with Crippen LogP contribution in [0, 0.1) is 0 Å². The van der Waals surface area contributed by atoms with Gasteiger partial charge in [0.2, 0.25) is 0 Å². The summed E-state index contributed by atoms with van der Waals surface area (Å²) in [6.45, 7) is 4.81. The Morgan fingerprint density at radius 1 is 0.406 bits per heavy atom. The number of esters is 2. The number of unbranched alkanes of at least 4 members (excludes halogenated alkanes) is 38. The number of likely N-dealkylation sites (N-methyl/N-ethyl adjacent to an activating group) is 1. The molecule has 380 valence electrons. The van der Waals surface area contributed by atoms with E-state index in [9.17, 15) is 19.5 Å². The van der Waals surface area contributed by atoms with Gasteiger partial charge in [0.1, 0.15) is 6.61 Å². The van der Waals surface area contributed by atoms with Gasteiger partial charge in [0, 0.05) is 19.3 Å². The standard InChI is InChI=1S/C56H109NO7/c1-6-8-10-12-14-16-18-20-22-24-26-27-29-30-32-34-36-38-40-42-44-46-54(58)63-51-52(50-62-49-48-53(56(60)61)57(3,4)5)64-55(59)47-45-43-41-39-37-35-33-31-28-25-23-21-19-17-15-13-11-9-7-2/h52-53H,6-51H2,1-5H3/p+1. The Labute approximate surface area is 397 Å². The molecule has 0 spiro atoms. The summed E-state index contributed by atoms with van der Waals surface area (Å²) >= 11 is 0. The first-order valence-electron chi connectivity index (χ1n) is 28.1. The van der Waals surface area contributed by atoms with Crippen molar-refractivity contribution >= 4 is 17.9 Å². The van der Waals surface area contributed by atoms with Crippen molar-refractivity contribution in [3.8, 4) is 0 Å². The van der Waals surface area contributed by atoms with Crippen LogP contribution in [0.2, 0.25) is 0 Å². The summed E-state index contributed by atoms with van der Waals surface area (Å²) in [5.41, 5.74) is 0. The molecular formula is C56H110NO7+. The minimum Gasteiger partial charge on any atom is -0.477 e. The van der Waals surface area contributed by atoms with Crippen LogP contribution in [0.3, 0.4) is 0 Å². The van der Waals surface area contributed by atoms with E-state index < -0.39 is 18.1 Å². The number of carbonyl (C=O) groups excluding carboxylic acids is 2. The van der Waals surface area contributed by atoms with Gasteiger partial charge in [0.05, 0.1) is 34.4 Å². The van der Waals surface area contributed by atoms with Crippen LogP contribution in [0.15, 0.2) is 0 Å².